The number of carbonyl (C=O) groups is 1. The van der Waals surface area contributed by atoms with Crippen molar-refractivity contribution in [2.45, 2.75) is 18.9 Å². The van der Waals surface area contributed by atoms with Gasteiger partial charge in [0.05, 0.1) is 25.4 Å². The number of halogens is 2. The highest BCUT2D eigenvalue weighted by molar-refractivity contribution is 5.94. The van der Waals surface area contributed by atoms with Crippen molar-refractivity contribution in [1.29, 1.82) is 0 Å². The number of aromatic nitrogens is 3. The van der Waals surface area contributed by atoms with E-state index in [0.29, 0.717) is 29.8 Å². The van der Waals surface area contributed by atoms with Crippen molar-refractivity contribution in [3.05, 3.63) is 71.7 Å². The summed E-state index contributed by atoms with van der Waals surface area (Å²) >= 11 is 0. The molecule has 1 aliphatic rings. The monoisotopic (exact) mass is 510 g/mol. The van der Waals surface area contributed by atoms with E-state index >= 15 is 4.39 Å². The Morgan fingerprint density at radius 3 is 2.76 bits per heavy atom. The summed E-state index contributed by atoms with van der Waals surface area (Å²) in [7, 11) is 5.98. The molecule has 0 bridgehead atoms. The zero-order valence-corrected chi connectivity index (χ0v) is 21.1. The summed E-state index contributed by atoms with van der Waals surface area (Å²) in [6.45, 7) is 2.88. The highest BCUT2D eigenvalue weighted by Gasteiger charge is 2.27. The number of benzene rings is 1. The molecule has 1 aliphatic heterocycles. The maximum absolute atomic E-state index is 15.1. The average molecular weight is 511 g/mol. The van der Waals surface area contributed by atoms with Crippen LogP contribution in [0, 0.1) is 0 Å². The first-order valence-electron chi connectivity index (χ1n) is 11.6. The zero-order valence-electron chi connectivity index (χ0n) is 21.1. The Hall–Kier alpha value is -4.21. The number of pyridine rings is 1. The molecule has 4 rings (SSSR count). The molecule has 10 heteroatoms. The summed E-state index contributed by atoms with van der Waals surface area (Å²) in [5.74, 6) is -0.480. The van der Waals surface area contributed by atoms with Crippen LogP contribution >= 0.6 is 0 Å². The van der Waals surface area contributed by atoms with Gasteiger partial charge in [0.15, 0.2) is 17.7 Å². The largest absolute Gasteiger partial charge is 0.498 e. The fraction of sp³-hybridized carbons (Fsp3) is 0.296. The van der Waals surface area contributed by atoms with Gasteiger partial charge in [-0.3, -0.25) is 14.9 Å². The molecule has 1 atom stereocenters. The molecule has 3 aromatic rings. The van der Waals surface area contributed by atoms with Gasteiger partial charge in [-0.05, 0) is 42.7 Å². The number of aromatic amines is 1. The minimum absolute atomic E-state index is 0.0341. The first-order valence-corrected chi connectivity index (χ1v) is 11.6. The quantitative estimate of drug-likeness (QED) is 0.348. The number of allylic oxidation sites excluding steroid dienone is 4. The lowest BCUT2D eigenvalue weighted by Crippen LogP contribution is -2.39. The fourth-order valence-corrected chi connectivity index (χ4v) is 4.07. The summed E-state index contributed by atoms with van der Waals surface area (Å²) in [5.41, 5.74) is 3.39. The van der Waals surface area contributed by atoms with Crippen LogP contribution in [0.5, 0.6) is 5.75 Å². The Morgan fingerprint density at radius 2 is 2.08 bits per heavy atom. The second-order valence-electron chi connectivity index (χ2n) is 8.70. The van der Waals surface area contributed by atoms with Gasteiger partial charge in [0.25, 0.3) is 5.91 Å². The van der Waals surface area contributed by atoms with Crippen LogP contribution in [0.2, 0.25) is 0 Å². The number of methoxy groups -OCH3 is 2. The number of alkyl halides is 1. The molecule has 0 spiro atoms. The van der Waals surface area contributed by atoms with E-state index < -0.39 is 18.6 Å². The maximum atomic E-state index is 15.1. The number of likely N-dealkylation sites (N-methyl/N-ethyl adjacent to an activating group) is 1. The topological polar surface area (TPSA) is 89.6 Å². The first kappa shape index (κ1) is 25.9. The van der Waals surface area contributed by atoms with E-state index in [1.807, 2.05) is 18.2 Å². The lowest BCUT2D eigenvalue weighted by molar-refractivity contribution is -0.136. The molecule has 8 nitrogen and oxygen atoms in total. The van der Waals surface area contributed by atoms with Crippen LogP contribution in [-0.2, 0) is 20.7 Å². The van der Waals surface area contributed by atoms with Crippen molar-refractivity contribution >= 4 is 22.4 Å². The normalized spacial score (nSPS) is 15.9. The van der Waals surface area contributed by atoms with E-state index in [1.54, 1.807) is 26.4 Å². The minimum Gasteiger partial charge on any atom is -0.498 e. The summed E-state index contributed by atoms with van der Waals surface area (Å²) in [6.07, 6.45) is 3.53. The Labute approximate surface area is 213 Å². The van der Waals surface area contributed by atoms with E-state index in [9.17, 15) is 9.18 Å². The highest BCUT2D eigenvalue weighted by atomic mass is 19.1. The number of hydrogen-bond donors (Lipinski definition) is 1. The molecule has 1 unspecified atom stereocenters. The van der Waals surface area contributed by atoms with Gasteiger partial charge in [-0.1, -0.05) is 6.58 Å². The number of fused-ring (bicyclic) bond motifs is 2. The van der Waals surface area contributed by atoms with Crippen LogP contribution < -0.4 is 4.74 Å². The maximum Gasteiger partial charge on any atom is 0.263 e. The van der Waals surface area contributed by atoms with Crippen LogP contribution in [-0.4, -0.2) is 67.1 Å². The van der Waals surface area contributed by atoms with Crippen LogP contribution in [0.25, 0.3) is 27.7 Å². The zero-order chi connectivity index (χ0) is 26.7. The molecule has 0 fully saturated rings. The molecule has 3 heterocycles. The first-order chi connectivity index (χ1) is 17.8. The Bertz CT molecular complexity index is 1400. The van der Waals surface area contributed by atoms with Gasteiger partial charge in [0.1, 0.15) is 23.9 Å². The van der Waals surface area contributed by atoms with Crippen molar-refractivity contribution in [2.75, 3.05) is 35.0 Å². The molecule has 0 saturated heterocycles. The summed E-state index contributed by atoms with van der Waals surface area (Å²) in [5, 5.41) is 8.15. The fourth-order valence-electron chi connectivity index (χ4n) is 4.07. The average Bonchev–Trinajstić information content (AvgIpc) is 3.35. The second kappa shape index (κ2) is 10.8. The number of amides is 1. The Kier molecular flexibility index (Phi) is 7.56. The number of aryl methyl sites for hydroxylation is 1. The molecule has 2 aromatic heterocycles. The second-order valence-corrected chi connectivity index (χ2v) is 8.70. The third kappa shape index (κ3) is 5.18. The van der Waals surface area contributed by atoms with E-state index in [0.717, 1.165) is 22.6 Å². The third-order valence-electron chi connectivity index (χ3n) is 6.14. The lowest BCUT2D eigenvalue weighted by Gasteiger charge is -2.27. The van der Waals surface area contributed by atoms with Gasteiger partial charge in [-0.15, -0.1) is 0 Å². The SMILES string of the molecule is C=C(/C(F)=C(\C=C(/CF)OC)OC)c1cc2[nH]nc(-c3ccc4c(c3)CCC(C(=O)N(C)C)O4)c2cn1. The molecular formula is C27H28F2N4O4. The van der Waals surface area contributed by atoms with Crippen molar-refractivity contribution in [3.63, 3.8) is 0 Å². The Balaban J connectivity index is 1.61. The van der Waals surface area contributed by atoms with Crippen LogP contribution in [0.4, 0.5) is 8.78 Å². The van der Waals surface area contributed by atoms with Crippen LogP contribution in [0.1, 0.15) is 17.7 Å². The number of H-pyrrole nitrogens is 1. The predicted octanol–water partition coefficient (Wildman–Crippen LogP) is 4.75. The number of carbonyl (C=O) groups excluding carboxylic acids is 1. The van der Waals surface area contributed by atoms with Gasteiger partial charge < -0.3 is 19.1 Å². The summed E-state index contributed by atoms with van der Waals surface area (Å²) in [6, 6.07) is 7.35. The van der Waals surface area contributed by atoms with E-state index in [1.165, 1.54) is 19.1 Å². The van der Waals surface area contributed by atoms with E-state index in [2.05, 4.69) is 21.8 Å². The molecule has 1 N–H and O–H groups in total. The van der Waals surface area contributed by atoms with Gasteiger partial charge in [0, 0.05) is 42.9 Å². The molecule has 194 valence electrons. The van der Waals surface area contributed by atoms with Crippen molar-refractivity contribution in [3.8, 4) is 17.0 Å². The molecule has 0 radical (unpaired) electrons. The van der Waals surface area contributed by atoms with E-state index in [-0.39, 0.29) is 28.7 Å². The van der Waals surface area contributed by atoms with E-state index in [4.69, 9.17) is 14.2 Å². The lowest BCUT2D eigenvalue weighted by atomic mass is 9.97. The standard InChI is InChI=1S/C27H28F2N4O4/c1-15(25(29)24(36-5)11-18(13-28)35-4)20-12-21-19(14-30-20)26(32-31-21)17-7-8-22-16(10-17)6-9-23(37-22)27(34)33(2)3/h7-8,10-12,14,23H,1,6,9,13H2,2-5H3,(H,31,32)/b18-11+,25-24-. The van der Waals surface area contributed by atoms with Crippen molar-refractivity contribution < 1.29 is 27.8 Å². The molecule has 1 amide bonds. The van der Waals surface area contributed by atoms with Gasteiger partial charge in [0.2, 0.25) is 0 Å². The number of nitrogens with zero attached hydrogens (tertiary/aromatic N) is 3. The van der Waals surface area contributed by atoms with Crippen LogP contribution in [0.15, 0.2) is 60.5 Å². The molecule has 0 aliphatic carbocycles. The van der Waals surface area contributed by atoms with Gasteiger partial charge >= 0.3 is 0 Å². The summed E-state index contributed by atoms with van der Waals surface area (Å²) in [4.78, 5) is 18.2. The molecule has 1 aromatic carbocycles. The van der Waals surface area contributed by atoms with Crippen molar-refractivity contribution in [1.82, 2.24) is 20.1 Å². The predicted molar refractivity (Wildman–Crippen MR) is 136 cm³/mol. The number of nitrogens with one attached hydrogen (secondary N) is 1. The Morgan fingerprint density at radius 1 is 1.30 bits per heavy atom. The number of ether oxygens (including phenoxy) is 3. The summed E-state index contributed by atoms with van der Waals surface area (Å²) < 4.78 is 43.9. The highest BCUT2D eigenvalue weighted by Crippen LogP contribution is 2.35. The van der Waals surface area contributed by atoms with Gasteiger partial charge in [-0.2, -0.15) is 5.10 Å². The number of hydrogen-bond acceptors (Lipinski definition) is 6. The van der Waals surface area contributed by atoms with Crippen molar-refractivity contribution in [2.24, 2.45) is 0 Å². The number of rotatable bonds is 8. The van der Waals surface area contributed by atoms with Crippen LogP contribution in [0.3, 0.4) is 0 Å². The molecular weight excluding hydrogens is 482 g/mol. The smallest absolute Gasteiger partial charge is 0.263 e. The minimum atomic E-state index is -0.909. The van der Waals surface area contributed by atoms with Gasteiger partial charge in [-0.25, -0.2) is 8.78 Å². The molecule has 37 heavy (non-hydrogen) atoms. The molecule has 0 saturated carbocycles. The third-order valence-corrected chi connectivity index (χ3v) is 6.14.